The van der Waals surface area contributed by atoms with Crippen LogP contribution >= 0.6 is 0 Å². The van der Waals surface area contributed by atoms with Crippen LogP contribution in [-0.4, -0.2) is 35.5 Å². The predicted molar refractivity (Wildman–Crippen MR) is 81.8 cm³/mol. The molecule has 4 heteroatoms. The third-order valence-corrected chi connectivity index (χ3v) is 3.53. The first-order valence-electron chi connectivity index (χ1n) is 7.58. The number of hydrogen-bond donors (Lipinski definition) is 0. The summed E-state index contributed by atoms with van der Waals surface area (Å²) in [6.07, 6.45) is 8.07. The number of imidazole rings is 1. The lowest BCUT2D eigenvalue weighted by Gasteiger charge is -2.33. The molecule has 4 nitrogen and oxygen atoms in total. The second kappa shape index (κ2) is 8.42. The number of nitrogens with zero attached hydrogens (tertiary/aromatic N) is 2. The van der Waals surface area contributed by atoms with Crippen LogP contribution in [0, 0.1) is 12.3 Å². The highest BCUT2D eigenvalue weighted by atomic mass is 16.5. The summed E-state index contributed by atoms with van der Waals surface area (Å²) in [5, 5.41) is 0. The van der Waals surface area contributed by atoms with Crippen molar-refractivity contribution in [2.24, 2.45) is 12.5 Å². The lowest BCUT2D eigenvalue weighted by Crippen LogP contribution is -2.36. The van der Waals surface area contributed by atoms with Crippen molar-refractivity contribution in [3.8, 4) is 0 Å². The zero-order chi connectivity index (χ0) is 15.0. The number of hydrogen-bond acceptors (Lipinski definition) is 3. The molecule has 0 amide bonds. The number of aromatic nitrogens is 2. The fourth-order valence-corrected chi connectivity index (χ4v) is 1.92. The topological polar surface area (TPSA) is 36.3 Å². The van der Waals surface area contributed by atoms with Gasteiger partial charge in [0.25, 0.3) is 0 Å². The molecule has 116 valence electrons. The molecule has 0 bridgehead atoms. The standard InChI is InChI=1S/C6H12O.C5H8N2.C5H10O/c1-2-6-4-3-5-7-6;1-5-6-3-4-7(5)2;1-5(2)3-6-4-5/h6H,2-5H2,1H3;3-4H,1-2H3;3-4H2,1-2H3. The van der Waals surface area contributed by atoms with Crippen LogP contribution in [0.2, 0.25) is 0 Å². The smallest absolute Gasteiger partial charge is 0.105 e. The van der Waals surface area contributed by atoms with Crippen molar-refractivity contribution < 1.29 is 9.47 Å². The SMILES string of the molecule is CC1(C)COC1.CCC1CCCO1.Cc1nccn1C. The van der Waals surface area contributed by atoms with E-state index in [-0.39, 0.29) is 0 Å². The van der Waals surface area contributed by atoms with Gasteiger partial charge in [0, 0.05) is 31.5 Å². The van der Waals surface area contributed by atoms with Crippen LogP contribution in [0.1, 0.15) is 45.9 Å². The largest absolute Gasteiger partial charge is 0.380 e. The van der Waals surface area contributed by atoms with E-state index < -0.39 is 0 Å². The predicted octanol–water partition coefficient (Wildman–Crippen LogP) is 3.35. The van der Waals surface area contributed by atoms with Gasteiger partial charge in [-0.2, -0.15) is 0 Å². The Morgan fingerprint density at radius 1 is 1.40 bits per heavy atom. The zero-order valence-corrected chi connectivity index (χ0v) is 13.7. The minimum Gasteiger partial charge on any atom is -0.380 e. The van der Waals surface area contributed by atoms with Gasteiger partial charge in [0.2, 0.25) is 0 Å². The molecule has 2 aliphatic heterocycles. The van der Waals surface area contributed by atoms with E-state index in [1.54, 1.807) is 6.20 Å². The molecule has 0 saturated carbocycles. The third-order valence-electron chi connectivity index (χ3n) is 3.53. The summed E-state index contributed by atoms with van der Waals surface area (Å²) in [5.41, 5.74) is 0.500. The lowest BCUT2D eigenvalue weighted by molar-refractivity contribution is -0.0892. The highest BCUT2D eigenvalue weighted by Gasteiger charge is 2.26. The Labute approximate surface area is 123 Å². The molecule has 0 aliphatic carbocycles. The minimum absolute atomic E-state index is 0.500. The van der Waals surface area contributed by atoms with Crippen molar-refractivity contribution in [2.75, 3.05) is 19.8 Å². The van der Waals surface area contributed by atoms with Gasteiger partial charge in [-0.1, -0.05) is 20.8 Å². The Morgan fingerprint density at radius 3 is 2.20 bits per heavy atom. The fourth-order valence-electron chi connectivity index (χ4n) is 1.92. The van der Waals surface area contributed by atoms with Gasteiger partial charge in [0.05, 0.1) is 19.3 Å². The van der Waals surface area contributed by atoms with Crippen molar-refractivity contribution in [1.82, 2.24) is 9.55 Å². The van der Waals surface area contributed by atoms with Crippen molar-refractivity contribution in [3.05, 3.63) is 18.2 Å². The van der Waals surface area contributed by atoms with E-state index in [0.717, 1.165) is 25.6 Å². The van der Waals surface area contributed by atoms with Gasteiger partial charge in [-0.25, -0.2) is 4.98 Å². The van der Waals surface area contributed by atoms with Gasteiger partial charge in [0.1, 0.15) is 5.82 Å². The van der Waals surface area contributed by atoms with Crippen LogP contribution in [0.25, 0.3) is 0 Å². The first-order chi connectivity index (χ1) is 9.44. The Hall–Kier alpha value is -0.870. The maximum absolute atomic E-state index is 5.30. The zero-order valence-electron chi connectivity index (χ0n) is 13.7. The summed E-state index contributed by atoms with van der Waals surface area (Å²) in [5.74, 6) is 1.06. The minimum atomic E-state index is 0.500. The van der Waals surface area contributed by atoms with Crippen molar-refractivity contribution in [2.45, 2.75) is 53.1 Å². The molecule has 0 radical (unpaired) electrons. The van der Waals surface area contributed by atoms with Gasteiger partial charge in [-0.3, -0.25) is 0 Å². The molecule has 1 atom stereocenters. The van der Waals surface area contributed by atoms with E-state index in [9.17, 15) is 0 Å². The number of aryl methyl sites for hydroxylation is 2. The number of rotatable bonds is 1. The van der Waals surface area contributed by atoms with Crippen molar-refractivity contribution in [3.63, 3.8) is 0 Å². The van der Waals surface area contributed by atoms with E-state index in [0.29, 0.717) is 11.5 Å². The Balaban J connectivity index is 0.000000151. The van der Waals surface area contributed by atoms with Crippen molar-refractivity contribution in [1.29, 1.82) is 0 Å². The van der Waals surface area contributed by atoms with Crippen LogP contribution in [0.3, 0.4) is 0 Å². The first-order valence-corrected chi connectivity index (χ1v) is 7.58. The van der Waals surface area contributed by atoms with Crippen molar-refractivity contribution >= 4 is 0 Å². The van der Waals surface area contributed by atoms with Crippen LogP contribution in [0.4, 0.5) is 0 Å². The van der Waals surface area contributed by atoms with Crippen LogP contribution < -0.4 is 0 Å². The lowest BCUT2D eigenvalue weighted by atomic mass is 9.92. The summed E-state index contributed by atoms with van der Waals surface area (Å²) in [6, 6.07) is 0. The van der Waals surface area contributed by atoms with E-state index in [2.05, 4.69) is 25.8 Å². The Bertz CT molecular complexity index is 346. The molecule has 1 aromatic rings. The maximum Gasteiger partial charge on any atom is 0.105 e. The van der Waals surface area contributed by atoms with Crippen LogP contribution in [0.5, 0.6) is 0 Å². The molecule has 1 unspecified atom stereocenters. The normalized spacial score (nSPS) is 22.9. The highest BCUT2D eigenvalue weighted by molar-refractivity contribution is 4.85. The highest BCUT2D eigenvalue weighted by Crippen LogP contribution is 2.24. The molecular weight excluding hydrogens is 252 g/mol. The quantitative estimate of drug-likeness (QED) is 0.792. The average molecular weight is 282 g/mol. The van der Waals surface area contributed by atoms with Crippen LogP contribution in [0.15, 0.2) is 12.4 Å². The third kappa shape index (κ3) is 6.53. The van der Waals surface area contributed by atoms with Gasteiger partial charge in [-0.05, 0) is 26.2 Å². The molecule has 2 saturated heterocycles. The molecule has 1 aromatic heterocycles. The molecular formula is C16H30N2O2. The second-order valence-corrected chi connectivity index (χ2v) is 6.29. The molecule has 0 N–H and O–H groups in total. The van der Waals surface area contributed by atoms with E-state index in [1.807, 2.05) is 24.7 Å². The van der Waals surface area contributed by atoms with E-state index in [1.165, 1.54) is 19.3 Å². The monoisotopic (exact) mass is 282 g/mol. The molecule has 2 aliphatic rings. The van der Waals surface area contributed by atoms with Gasteiger partial charge in [0.15, 0.2) is 0 Å². The summed E-state index contributed by atoms with van der Waals surface area (Å²) >= 11 is 0. The Morgan fingerprint density at radius 2 is 2.05 bits per heavy atom. The maximum atomic E-state index is 5.30. The summed E-state index contributed by atoms with van der Waals surface area (Å²) in [7, 11) is 1.97. The molecule has 3 heterocycles. The first kappa shape index (κ1) is 17.2. The van der Waals surface area contributed by atoms with Gasteiger partial charge in [-0.15, -0.1) is 0 Å². The van der Waals surface area contributed by atoms with Crippen LogP contribution in [-0.2, 0) is 16.5 Å². The summed E-state index contributed by atoms with van der Waals surface area (Å²) in [6.45, 7) is 11.5. The molecule has 2 fully saturated rings. The van der Waals surface area contributed by atoms with E-state index >= 15 is 0 Å². The molecule has 0 spiro atoms. The van der Waals surface area contributed by atoms with Gasteiger partial charge >= 0.3 is 0 Å². The molecule has 3 rings (SSSR count). The number of ether oxygens (including phenoxy) is 2. The molecule has 20 heavy (non-hydrogen) atoms. The second-order valence-electron chi connectivity index (χ2n) is 6.29. The fraction of sp³-hybridized carbons (Fsp3) is 0.812. The molecule has 0 aromatic carbocycles. The van der Waals surface area contributed by atoms with Gasteiger partial charge < -0.3 is 14.0 Å². The average Bonchev–Trinajstić information content (AvgIpc) is 3.02. The summed E-state index contributed by atoms with van der Waals surface area (Å²) in [4.78, 5) is 3.98. The summed E-state index contributed by atoms with van der Waals surface area (Å²) < 4.78 is 12.2. The van der Waals surface area contributed by atoms with E-state index in [4.69, 9.17) is 9.47 Å². The Kier molecular flexibility index (Phi) is 7.24.